The molecule has 0 atom stereocenters. The second kappa shape index (κ2) is 6.10. The van der Waals surface area contributed by atoms with E-state index in [1.54, 1.807) is 12.7 Å². The molecule has 3 aromatic rings. The first-order valence-corrected chi connectivity index (χ1v) is 7.26. The monoisotopic (exact) mass is 284 g/mol. The van der Waals surface area contributed by atoms with E-state index in [2.05, 4.69) is 35.3 Å². The third-order valence-electron chi connectivity index (χ3n) is 3.41. The average molecular weight is 284 g/mol. The van der Waals surface area contributed by atoms with E-state index in [-0.39, 0.29) is 0 Å². The Balaban J connectivity index is 1.90. The quantitative estimate of drug-likeness (QED) is 0.756. The van der Waals surface area contributed by atoms with Crippen molar-refractivity contribution in [1.29, 1.82) is 0 Å². The molecule has 0 aliphatic heterocycles. The van der Waals surface area contributed by atoms with E-state index in [0.717, 1.165) is 29.8 Å². The van der Waals surface area contributed by atoms with Crippen LogP contribution in [0.4, 0.5) is 0 Å². The standard InChI is InChI=1S/C16H20N4O/c1-12(2)7-17-8-16-14(9-20-11-18-10-19-20)13-5-3-4-6-15(13)21-16/h3-6,10-12,17H,7-9H2,1-2H3. The van der Waals surface area contributed by atoms with Crippen LogP contribution in [-0.2, 0) is 13.1 Å². The van der Waals surface area contributed by atoms with Crippen molar-refractivity contribution in [3.63, 3.8) is 0 Å². The number of furan rings is 1. The van der Waals surface area contributed by atoms with Crippen molar-refractivity contribution in [3.8, 4) is 0 Å². The summed E-state index contributed by atoms with van der Waals surface area (Å²) in [5.41, 5.74) is 2.10. The number of nitrogens with one attached hydrogen (secondary N) is 1. The molecule has 2 aromatic heterocycles. The fourth-order valence-corrected chi connectivity index (χ4v) is 2.42. The van der Waals surface area contributed by atoms with Gasteiger partial charge in [0, 0.05) is 10.9 Å². The minimum absolute atomic E-state index is 0.619. The summed E-state index contributed by atoms with van der Waals surface area (Å²) in [6.45, 7) is 6.77. The van der Waals surface area contributed by atoms with Crippen molar-refractivity contribution in [2.24, 2.45) is 5.92 Å². The van der Waals surface area contributed by atoms with Gasteiger partial charge >= 0.3 is 0 Å². The van der Waals surface area contributed by atoms with Gasteiger partial charge in [0.05, 0.1) is 13.1 Å². The lowest BCUT2D eigenvalue weighted by molar-refractivity contribution is 0.477. The molecule has 0 aliphatic rings. The first-order valence-electron chi connectivity index (χ1n) is 7.26. The summed E-state index contributed by atoms with van der Waals surface area (Å²) in [4.78, 5) is 4.00. The minimum Gasteiger partial charge on any atom is -0.459 e. The van der Waals surface area contributed by atoms with Crippen LogP contribution in [0, 0.1) is 5.92 Å². The molecule has 0 spiro atoms. The summed E-state index contributed by atoms with van der Waals surface area (Å²) < 4.78 is 7.83. The molecule has 0 aliphatic carbocycles. The highest BCUT2D eigenvalue weighted by Gasteiger charge is 2.14. The normalized spacial score (nSPS) is 11.6. The molecule has 0 radical (unpaired) electrons. The molecule has 0 saturated carbocycles. The zero-order chi connectivity index (χ0) is 14.7. The average Bonchev–Trinajstić information content (AvgIpc) is 3.08. The number of fused-ring (bicyclic) bond motifs is 1. The van der Waals surface area contributed by atoms with Crippen molar-refractivity contribution in [2.75, 3.05) is 6.54 Å². The zero-order valence-corrected chi connectivity index (χ0v) is 12.4. The molecule has 0 amide bonds. The van der Waals surface area contributed by atoms with Gasteiger partial charge in [0.2, 0.25) is 0 Å². The summed E-state index contributed by atoms with van der Waals surface area (Å²) in [5.74, 6) is 1.60. The van der Waals surface area contributed by atoms with Crippen molar-refractivity contribution in [1.82, 2.24) is 20.1 Å². The van der Waals surface area contributed by atoms with Gasteiger partial charge < -0.3 is 9.73 Å². The summed E-state index contributed by atoms with van der Waals surface area (Å²) in [7, 11) is 0. The van der Waals surface area contributed by atoms with Gasteiger partial charge in [0.1, 0.15) is 24.0 Å². The van der Waals surface area contributed by atoms with Crippen LogP contribution in [0.5, 0.6) is 0 Å². The first kappa shape index (κ1) is 13.8. The number of nitrogens with zero attached hydrogens (tertiary/aromatic N) is 3. The molecule has 0 unspecified atom stereocenters. The molecule has 1 N–H and O–H groups in total. The molecule has 2 heterocycles. The van der Waals surface area contributed by atoms with Crippen LogP contribution < -0.4 is 5.32 Å². The smallest absolute Gasteiger partial charge is 0.137 e. The summed E-state index contributed by atoms with van der Waals surface area (Å²) in [6.07, 6.45) is 3.28. The van der Waals surface area contributed by atoms with Crippen LogP contribution in [0.1, 0.15) is 25.2 Å². The van der Waals surface area contributed by atoms with Gasteiger partial charge in [-0.1, -0.05) is 32.0 Å². The molecule has 0 bridgehead atoms. The topological polar surface area (TPSA) is 55.9 Å². The maximum Gasteiger partial charge on any atom is 0.137 e. The number of hydrogen-bond acceptors (Lipinski definition) is 4. The molecule has 110 valence electrons. The molecule has 1 aromatic carbocycles. The van der Waals surface area contributed by atoms with Gasteiger partial charge in [-0.15, -0.1) is 0 Å². The molecule has 0 saturated heterocycles. The van der Waals surface area contributed by atoms with Gasteiger partial charge in [-0.3, -0.25) is 0 Å². The second-order valence-electron chi connectivity index (χ2n) is 5.62. The van der Waals surface area contributed by atoms with Crippen LogP contribution in [-0.4, -0.2) is 21.3 Å². The highest BCUT2D eigenvalue weighted by atomic mass is 16.3. The van der Waals surface area contributed by atoms with Gasteiger partial charge in [-0.05, 0) is 18.5 Å². The summed E-state index contributed by atoms with van der Waals surface area (Å²) >= 11 is 0. The zero-order valence-electron chi connectivity index (χ0n) is 12.4. The Kier molecular flexibility index (Phi) is 4.01. The lowest BCUT2D eigenvalue weighted by Crippen LogP contribution is -2.19. The highest BCUT2D eigenvalue weighted by molar-refractivity contribution is 5.82. The third-order valence-corrected chi connectivity index (χ3v) is 3.41. The number of hydrogen-bond donors (Lipinski definition) is 1. The molecule has 5 heteroatoms. The Morgan fingerprint density at radius 3 is 2.90 bits per heavy atom. The Morgan fingerprint density at radius 2 is 2.14 bits per heavy atom. The number of aromatic nitrogens is 3. The fourth-order valence-electron chi connectivity index (χ4n) is 2.42. The number of benzene rings is 1. The van der Waals surface area contributed by atoms with Crippen molar-refractivity contribution < 1.29 is 4.42 Å². The SMILES string of the molecule is CC(C)CNCc1oc2ccccc2c1Cn1cncn1. The van der Waals surface area contributed by atoms with Crippen molar-refractivity contribution in [3.05, 3.63) is 48.2 Å². The van der Waals surface area contributed by atoms with E-state index in [0.29, 0.717) is 12.5 Å². The number of rotatable bonds is 6. The lowest BCUT2D eigenvalue weighted by Gasteiger charge is -2.07. The first-order chi connectivity index (χ1) is 10.2. The Bertz CT molecular complexity index is 700. The second-order valence-corrected chi connectivity index (χ2v) is 5.62. The van der Waals surface area contributed by atoms with Crippen molar-refractivity contribution >= 4 is 11.0 Å². The molecular weight excluding hydrogens is 264 g/mol. The van der Waals surface area contributed by atoms with Crippen molar-refractivity contribution in [2.45, 2.75) is 26.9 Å². The number of para-hydroxylation sites is 1. The van der Waals surface area contributed by atoms with Crippen LogP contribution >= 0.6 is 0 Å². The molecule has 3 rings (SSSR count). The maximum atomic E-state index is 6.01. The maximum absolute atomic E-state index is 6.01. The molecule has 5 nitrogen and oxygen atoms in total. The van der Waals surface area contributed by atoms with Gasteiger partial charge in [-0.25, -0.2) is 9.67 Å². The van der Waals surface area contributed by atoms with E-state index in [4.69, 9.17) is 4.42 Å². The highest BCUT2D eigenvalue weighted by Crippen LogP contribution is 2.26. The minimum atomic E-state index is 0.619. The Labute approximate surface area is 124 Å². The van der Waals surface area contributed by atoms with E-state index in [1.165, 1.54) is 5.56 Å². The summed E-state index contributed by atoms with van der Waals surface area (Å²) in [5, 5.41) is 8.78. The van der Waals surface area contributed by atoms with Crippen LogP contribution in [0.25, 0.3) is 11.0 Å². The predicted molar refractivity (Wildman–Crippen MR) is 81.9 cm³/mol. The van der Waals surface area contributed by atoms with Crippen LogP contribution in [0.2, 0.25) is 0 Å². The third kappa shape index (κ3) is 3.13. The Hall–Kier alpha value is -2.14. The predicted octanol–water partition coefficient (Wildman–Crippen LogP) is 2.82. The largest absolute Gasteiger partial charge is 0.459 e. The summed E-state index contributed by atoms with van der Waals surface area (Å²) in [6, 6.07) is 8.13. The lowest BCUT2D eigenvalue weighted by atomic mass is 10.1. The van der Waals surface area contributed by atoms with Gasteiger partial charge in [0.25, 0.3) is 0 Å². The van der Waals surface area contributed by atoms with E-state index in [1.807, 2.05) is 22.9 Å². The Morgan fingerprint density at radius 1 is 1.29 bits per heavy atom. The van der Waals surface area contributed by atoms with Crippen LogP contribution in [0.15, 0.2) is 41.3 Å². The van der Waals surface area contributed by atoms with E-state index in [9.17, 15) is 0 Å². The van der Waals surface area contributed by atoms with E-state index < -0.39 is 0 Å². The van der Waals surface area contributed by atoms with Gasteiger partial charge in [-0.2, -0.15) is 5.10 Å². The molecular formula is C16H20N4O. The van der Waals surface area contributed by atoms with E-state index >= 15 is 0 Å². The van der Waals surface area contributed by atoms with Gasteiger partial charge in [0.15, 0.2) is 0 Å². The fraction of sp³-hybridized carbons (Fsp3) is 0.375. The molecule has 0 fully saturated rings. The molecule has 21 heavy (non-hydrogen) atoms. The van der Waals surface area contributed by atoms with Crippen LogP contribution in [0.3, 0.4) is 0 Å².